The number of amides is 1. The van der Waals surface area contributed by atoms with Crippen molar-refractivity contribution in [1.82, 2.24) is 5.32 Å². The minimum absolute atomic E-state index is 0.00949. The number of carbonyl (C=O) groups excluding carboxylic acids is 2. The van der Waals surface area contributed by atoms with Gasteiger partial charge in [0.2, 0.25) is 5.91 Å². The summed E-state index contributed by atoms with van der Waals surface area (Å²) in [5, 5.41) is 23.4. The van der Waals surface area contributed by atoms with Gasteiger partial charge >= 0.3 is 5.97 Å². The van der Waals surface area contributed by atoms with Crippen molar-refractivity contribution in [3.8, 4) is 0 Å². The van der Waals surface area contributed by atoms with Crippen molar-refractivity contribution in [3.05, 3.63) is 12.2 Å². The summed E-state index contributed by atoms with van der Waals surface area (Å²) >= 11 is 0. The van der Waals surface area contributed by atoms with Gasteiger partial charge in [0.05, 0.1) is 25.4 Å². The molecule has 3 N–H and O–H groups in total. The van der Waals surface area contributed by atoms with Gasteiger partial charge in [-0.1, -0.05) is 341 Å². The lowest BCUT2D eigenvalue weighted by Gasteiger charge is -2.22. The first-order chi connectivity index (χ1) is 37.0. The second kappa shape index (κ2) is 65.1. The number of rotatable bonds is 65. The normalized spacial score (nSPS) is 12.5. The van der Waals surface area contributed by atoms with Crippen molar-refractivity contribution in [2.24, 2.45) is 0 Å². The molecule has 2 unspecified atom stereocenters. The van der Waals surface area contributed by atoms with Crippen LogP contribution in [0.1, 0.15) is 393 Å². The van der Waals surface area contributed by atoms with Crippen LogP contribution in [0.2, 0.25) is 0 Å². The van der Waals surface area contributed by atoms with E-state index in [9.17, 15) is 19.8 Å². The lowest BCUT2D eigenvalue weighted by molar-refractivity contribution is -0.143. The van der Waals surface area contributed by atoms with E-state index in [1.54, 1.807) is 0 Å². The van der Waals surface area contributed by atoms with Crippen LogP contribution in [0, 0.1) is 0 Å². The lowest BCUT2D eigenvalue weighted by Crippen LogP contribution is -2.45. The lowest BCUT2D eigenvalue weighted by atomic mass is 10.0. The van der Waals surface area contributed by atoms with Crippen LogP contribution in [0.4, 0.5) is 0 Å². The van der Waals surface area contributed by atoms with Gasteiger partial charge in [-0.2, -0.15) is 0 Å². The van der Waals surface area contributed by atoms with Gasteiger partial charge in [0.1, 0.15) is 0 Å². The molecule has 2 atom stereocenters. The van der Waals surface area contributed by atoms with Gasteiger partial charge in [0, 0.05) is 12.8 Å². The molecule has 1 amide bonds. The van der Waals surface area contributed by atoms with E-state index in [4.69, 9.17) is 4.74 Å². The van der Waals surface area contributed by atoms with Gasteiger partial charge in [0.15, 0.2) is 0 Å². The van der Waals surface area contributed by atoms with E-state index in [2.05, 4.69) is 31.3 Å². The molecule has 0 spiro atoms. The quantitative estimate of drug-likeness (QED) is 0.0320. The number of allylic oxidation sites excluding steroid dienone is 2. The van der Waals surface area contributed by atoms with Gasteiger partial charge < -0.3 is 20.3 Å². The number of carbonyl (C=O) groups is 2. The van der Waals surface area contributed by atoms with Crippen LogP contribution in [0.5, 0.6) is 0 Å². The average Bonchev–Trinajstić information content (AvgIpc) is 3.41. The predicted molar refractivity (Wildman–Crippen MR) is 329 cm³/mol. The molecule has 0 saturated heterocycles. The van der Waals surface area contributed by atoms with Crippen LogP contribution < -0.4 is 5.32 Å². The number of unbranched alkanes of at least 4 members (excludes halogenated alkanes) is 52. The number of esters is 1. The molecule has 0 aromatic rings. The maximum Gasteiger partial charge on any atom is 0.305 e. The Hall–Kier alpha value is -1.40. The standard InChI is InChI=1S/C69H135NO5/c1-3-5-7-9-11-13-15-17-18-19-32-35-38-41-45-49-53-57-61-67(72)66(65-71)70-68(73)62-58-54-50-46-42-39-36-33-30-28-26-24-22-20-21-23-25-27-29-31-34-37-40-44-48-52-56-60-64-75-69(74)63-59-55-51-47-43-16-14-12-10-8-6-4-2/h12,14,66-67,71-72H,3-11,13,15-65H2,1-2H3,(H,70,73)/b14-12-. The van der Waals surface area contributed by atoms with Crippen molar-refractivity contribution in [3.63, 3.8) is 0 Å². The molecule has 0 aliphatic heterocycles. The Kier molecular flexibility index (Phi) is 63.9. The van der Waals surface area contributed by atoms with E-state index in [1.165, 1.54) is 315 Å². The summed E-state index contributed by atoms with van der Waals surface area (Å²) in [4.78, 5) is 24.5. The summed E-state index contributed by atoms with van der Waals surface area (Å²) < 4.78 is 5.47. The molecule has 6 heteroatoms. The fourth-order valence-corrected chi connectivity index (χ4v) is 11.1. The molecule has 0 aliphatic rings. The number of aliphatic hydroxyl groups is 2. The van der Waals surface area contributed by atoms with Gasteiger partial charge in [0.25, 0.3) is 0 Å². The second-order valence-electron chi connectivity index (χ2n) is 23.9. The Morgan fingerprint density at radius 1 is 0.360 bits per heavy atom. The minimum atomic E-state index is -0.662. The van der Waals surface area contributed by atoms with Crippen molar-refractivity contribution in [2.75, 3.05) is 13.2 Å². The highest BCUT2D eigenvalue weighted by Gasteiger charge is 2.20. The van der Waals surface area contributed by atoms with Crippen molar-refractivity contribution >= 4 is 11.9 Å². The first-order valence-electron chi connectivity index (χ1n) is 34.4. The van der Waals surface area contributed by atoms with E-state index in [-0.39, 0.29) is 18.5 Å². The first-order valence-corrected chi connectivity index (χ1v) is 34.4. The van der Waals surface area contributed by atoms with Crippen molar-refractivity contribution < 1.29 is 24.5 Å². The molecule has 0 heterocycles. The van der Waals surface area contributed by atoms with Gasteiger partial charge in [-0.3, -0.25) is 9.59 Å². The summed E-state index contributed by atoms with van der Waals surface area (Å²) in [6, 6.07) is -0.539. The predicted octanol–water partition coefficient (Wildman–Crippen LogP) is 22.0. The molecule has 0 bridgehead atoms. The van der Waals surface area contributed by atoms with Gasteiger partial charge in [-0.25, -0.2) is 0 Å². The molecule has 0 aromatic carbocycles. The average molecular weight is 1060 g/mol. The van der Waals surface area contributed by atoms with Crippen molar-refractivity contribution in [1.29, 1.82) is 0 Å². The maximum absolute atomic E-state index is 12.5. The fraction of sp³-hybridized carbons (Fsp3) is 0.942. The van der Waals surface area contributed by atoms with Crippen LogP contribution in [-0.2, 0) is 14.3 Å². The number of ether oxygens (including phenoxy) is 1. The third-order valence-electron chi connectivity index (χ3n) is 16.3. The van der Waals surface area contributed by atoms with E-state index in [0.717, 1.165) is 44.9 Å². The highest BCUT2D eigenvalue weighted by atomic mass is 16.5. The van der Waals surface area contributed by atoms with Crippen molar-refractivity contribution in [2.45, 2.75) is 405 Å². The molecule has 6 nitrogen and oxygen atoms in total. The summed E-state index contributed by atoms with van der Waals surface area (Å²) in [5.41, 5.74) is 0. The molecule has 0 fully saturated rings. The SMILES string of the molecule is CCCCC/C=C\CCCCCCCC(=O)OCCCCCCCCCCCCCCCCCCCCCCCCCCCCCCC(=O)NC(CO)C(O)CCCCCCCCCCCCCCCCCCCC. The molecular formula is C69H135NO5. The summed E-state index contributed by atoms with van der Waals surface area (Å²) in [7, 11) is 0. The third kappa shape index (κ3) is 61.7. The minimum Gasteiger partial charge on any atom is -0.466 e. The molecule has 0 rings (SSSR count). The molecule has 446 valence electrons. The molecule has 0 saturated carbocycles. The Morgan fingerprint density at radius 2 is 0.627 bits per heavy atom. The third-order valence-corrected chi connectivity index (χ3v) is 16.3. The fourth-order valence-electron chi connectivity index (χ4n) is 11.1. The van der Waals surface area contributed by atoms with Gasteiger partial charge in [-0.15, -0.1) is 0 Å². The van der Waals surface area contributed by atoms with E-state index in [1.807, 2.05) is 0 Å². The monoisotopic (exact) mass is 1060 g/mol. The Balaban J connectivity index is 3.34. The second-order valence-corrected chi connectivity index (χ2v) is 23.9. The highest BCUT2D eigenvalue weighted by Crippen LogP contribution is 2.19. The highest BCUT2D eigenvalue weighted by molar-refractivity contribution is 5.76. The van der Waals surface area contributed by atoms with E-state index < -0.39 is 12.1 Å². The summed E-state index contributed by atoms with van der Waals surface area (Å²) in [6.07, 6.45) is 79.7. The number of hydrogen-bond donors (Lipinski definition) is 3. The Morgan fingerprint density at radius 3 is 0.973 bits per heavy atom. The number of nitrogens with one attached hydrogen (secondary N) is 1. The summed E-state index contributed by atoms with van der Waals surface area (Å²) in [6.45, 7) is 4.97. The van der Waals surface area contributed by atoms with Gasteiger partial charge in [-0.05, 0) is 51.4 Å². The molecule has 0 aliphatic carbocycles. The zero-order valence-electron chi connectivity index (χ0n) is 51.1. The molecule has 75 heavy (non-hydrogen) atoms. The first kappa shape index (κ1) is 73.6. The van der Waals surface area contributed by atoms with Crippen LogP contribution in [0.25, 0.3) is 0 Å². The zero-order chi connectivity index (χ0) is 54.3. The zero-order valence-corrected chi connectivity index (χ0v) is 51.1. The topological polar surface area (TPSA) is 95.9 Å². The summed E-state index contributed by atoms with van der Waals surface area (Å²) in [5.74, 6) is -0.0182. The van der Waals surface area contributed by atoms with Crippen LogP contribution >= 0.6 is 0 Å². The Labute approximate surface area is 469 Å². The molecule has 0 aromatic heterocycles. The van der Waals surface area contributed by atoms with E-state index in [0.29, 0.717) is 25.9 Å². The van der Waals surface area contributed by atoms with E-state index >= 15 is 0 Å². The number of hydrogen-bond acceptors (Lipinski definition) is 5. The smallest absolute Gasteiger partial charge is 0.305 e. The van der Waals surface area contributed by atoms with Crippen LogP contribution in [0.3, 0.4) is 0 Å². The largest absolute Gasteiger partial charge is 0.466 e. The van der Waals surface area contributed by atoms with Crippen LogP contribution in [0.15, 0.2) is 12.2 Å². The van der Waals surface area contributed by atoms with Crippen LogP contribution in [-0.4, -0.2) is 47.4 Å². The number of aliphatic hydroxyl groups excluding tert-OH is 2. The Bertz CT molecular complexity index is 1130. The molecular weight excluding hydrogens is 923 g/mol. The maximum atomic E-state index is 12.5. The molecule has 0 radical (unpaired) electrons.